The average Bonchev–Trinajstić information content (AvgIpc) is 3.14. The summed E-state index contributed by atoms with van der Waals surface area (Å²) in [6.45, 7) is 5.71. The van der Waals surface area contributed by atoms with E-state index in [1.165, 1.54) is 55.2 Å². The van der Waals surface area contributed by atoms with Gasteiger partial charge in [-0.05, 0) is 31.6 Å². The van der Waals surface area contributed by atoms with E-state index in [1.807, 2.05) is 11.3 Å². The van der Waals surface area contributed by atoms with Crippen molar-refractivity contribution in [3.63, 3.8) is 0 Å². The second-order valence-electron chi connectivity index (χ2n) is 5.60. The van der Waals surface area contributed by atoms with Crippen LogP contribution in [0.1, 0.15) is 43.9 Å². The summed E-state index contributed by atoms with van der Waals surface area (Å²) in [4.78, 5) is 8.45. The first-order valence-corrected chi connectivity index (χ1v) is 8.10. The third-order valence-corrected chi connectivity index (χ3v) is 5.20. The predicted molar refractivity (Wildman–Crippen MR) is 77.2 cm³/mol. The van der Waals surface area contributed by atoms with E-state index in [0.717, 1.165) is 18.5 Å². The molecule has 2 heterocycles. The van der Waals surface area contributed by atoms with E-state index in [1.54, 1.807) is 0 Å². The Kier molecular flexibility index (Phi) is 3.85. The van der Waals surface area contributed by atoms with Crippen molar-refractivity contribution in [1.29, 1.82) is 0 Å². The average molecular weight is 265 g/mol. The molecule has 1 N–H and O–H groups in total. The number of rotatable bonds is 5. The van der Waals surface area contributed by atoms with Crippen molar-refractivity contribution in [3.05, 3.63) is 11.1 Å². The third kappa shape index (κ3) is 3.04. The van der Waals surface area contributed by atoms with Crippen LogP contribution in [0.15, 0.2) is 6.20 Å². The Bertz CT molecular complexity index is 378. The SMILES string of the molecule is CCC1CCN(c2ncc(CNC3CC3)s2)CC1. The normalized spacial score (nSPS) is 21.5. The Morgan fingerprint density at radius 2 is 2.11 bits per heavy atom. The lowest BCUT2D eigenvalue weighted by atomic mass is 9.95. The second-order valence-corrected chi connectivity index (χ2v) is 6.70. The molecule has 0 amide bonds. The minimum Gasteiger partial charge on any atom is -0.348 e. The van der Waals surface area contributed by atoms with Gasteiger partial charge in [0.05, 0.1) is 0 Å². The van der Waals surface area contributed by atoms with Gasteiger partial charge in [-0.3, -0.25) is 0 Å². The van der Waals surface area contributed by atoms with Gasteiger partial charge in [-0.25, -0.2) is 4.98 Å². The minimum absolute atomic E-state index is 0.788. The number of piperidine rings is 1. The van der Waals surface area contributed by atoms with Crippen LogP contribution in [0, 0.1) is 5.92 Å². The quantitative estimate of drug-likeness (QED) is 0.887. The molecular weight excluding hydrogens is 242 g/mol. The lowest BCUT2D eigenvalue weighted by Crippen LogP contribution is -2.33. The molecule has 0 bridgehead atoms. The lowest BCUT2D eigenvalue weighted by Gasteiger charge is -2.31. The van der Waals surface area contributed by atoms with Crippen molar-refractivity contribution >= 4 is 16.5 Å². The molecule has 0 radical (unpaired) electrons. The largest absolute Gasteiger partial charge is 0.348 e. The summed E-state index contributed by atoms with van der Waals surface area (Å²) >= 11 is 1.87. The van der Waals surface area contributed by atoms with E-state index in [0.29, 0.717) is 0 Å². The zero-order chi connectivity index (χ0) is 12.4. The molecule has 0 spiro atoms. The number of nitrogens with one attached hydrogen (secondary N) is 1. The minimum atomic E-state index is 0.788. The van der Waals surface area contributed by atoms with Gasteiger partial charge in [0.25, 0.3) is 0 Å². The van der Waals surface area contributed by atoms with Crippen molar-refractivity contribution in [2.24, 2.45) is 5.92 Å². The number of hydrogen-bond acceptors (Lipinski definition) is 4. The number of thiazole rings is 1. The first-order chi connectivity index (χ1) is 8.85. The fraction of sp³-hybridized carbons (Fsp3) is 0.786. The zero-order valence-electron chi connectivity index (χ0n) is 11.2. The summed E-state index contributed by atoms with van der Waals surface area (Å²) in [7, 11) is 0. The fourth-order valence-corrected chi connectivity index (χ4v) is 3.50. The van der Waals surface area contributed by atoms with E-state index in [4.69, 9.17) is 0 Å². The van der Waals surface area contributed by atoms with Crippen LogP contribution in [-0.2, 0) is 6.54 Å². The molecule has 1 aliphatic carbocycles. The molecule has 1 saturated carbocycles. The van der Waals surface area contributed by atoms with Gasteiger partial charge in [-0.15, -0.1) is 11.3 Å². The molecular formula is C14H23N3S. The van der Waals surface area contributed by atoms with Crippen molar-refractivity contribution in [1.82, 2.24) is 10.3 Å². The van der Waals surface area contributed by atoms with Crippen LogP contribution >= 0.6 is 11.3 Å². The second kappa shape index (κ2) is 5.57. The van der Waals surface area contributed by atoms with Gasteiger partial charge >= 0.3 is 0 Å². The van der Waals surface area contributed by atoms with Crippen molar-refractivity contribution in [3.8, 4) is 0 Å². The van der Waals surface area contributed by atoms with Crippen molar-refractivity contribution in [2.75, 3.05) is 18.0 Å². The summed E-state index contributed by atoms with van der Waals surface area (Å²) in [6, 6.07) is 0.788. The van der Waals surface area contributed by atoms with Crippen LogP contribution in [0.3, 0.4) is 0 Å². The van der Waals surface area contributed by atoms with E-state index in [2.05, 4.69) is 28.3 Å². The molecule has 1 aromatic heterocycles. The first kappa shape index (κ1) is 12.4. The van der Waals surface area contributed by atoms with Gasteiger partial charge in [0, 0.05) is 36.8 Å². The van der Waals surface area contributed by atoms with E-state index >= 15 is 0 Å². The molecule has 0 unspecified atom stereocenters. The van der Waals surface area contributed by atoms with E-state index < -0.39 is 0 Å². The van der Waals surface area contributed by atoms with E-state index in [-0.39, 0.29) is 0 Å². The van der Waals surface area contributed by atoms with Crippen LogP contribution in [0.4, 0.5) is 5.13 Å². The highest BCUT2D eigenvalue weighted by atomic mass is 32.1. The smallest absolute Gasteiger partial charge is 0.185 e. The van der Waals surface area contributed by atoms with Gasteiger partial charge in [0.2, 0.25) is 0 Å². The van der Waals surface area contributed by atoms with Crippen molar-refractivity contribution in [2.45, 2.75) is 51.6 Å². The van der Waals surface area contributed by atoms with Crippen LogP contribution in [0.5, 0.6) is 0 Å². The maximum absolute atomic E-state index is 4.59. The van der Waals surface area contributed by atoms with Gasteiger partial charge in [0.1, 0.15) is 0 Å². The van der Waals surface area contributed by atoms with E-state index in [9.17, 15) is 0 Å². The Balaban J connectivity index is 1.52. The van der Waals surface area contributed by atoms with Crippen LogP contribution in [0.2, 0.25) is 0 Å². The molecule has 3 rings (SSSR count). The Morgan fingerprint density at radius 1 is 1.33 bits per heavy atom. The van der Waals surface area contributed by atoms with Crippen LogP contribution in [0.25, 0.3) is 0 Å². The van der Waals surface area contributed by atoms with Crippen LogP contribution in [-0.4, -0.2) is 24.1 Å². The molecule has 3 nitrogen and oxygen atoms in total. The summed E-state index contributed by atoms with van der Waals surface area (Å²) in [5.74, 6) is 0.942. The molecule has 0 atom stereocenters. The number of nitrogens with zero attached hydrogens (tertiary/aromatic N) is 2. The molecule has 2 aliphatic rings. The molecule has 1 saturated heterocycles. The highest BCUT2D eigenvalue weighted by Crippen LogP contribution is 2.29. The number of hydrogen-bond donors (Lipinski definition) is 1. The predicted octanol–water partition coefficient (Wildman–Crippen LogP) is 3.02. The summed E-state index contributed by atoms with van der Waals surface area (Å²) in [5, 5.41) is 4.79. The number of anilines is 1. The highest BCUT2D eigenvalue weighted by molar-refractivity contribution is 7.15. The Hall–Kier alpha value is -0.610. The molecule has 1 aliphatic heterocycles. The summed E-state index contributed by atoms with van der Waals surface area (Å²) in [6.07, 6.45) is 8.79. The standard InChI is InChI=1S/C14H23N3S/c1-2-11-5-7-17(8-6-11)14-16-10-13(18-14)9-15-12-3-4-12/h10-12,15H,2-9H2,1H3. The van der Waals surface area contributed by atoms with Crippen LogP contribution < -0.4 is 10.2 Å². The monoisotopic (exact) mass is 265 g/mol. The summed E-state index contributed by atoms with van der Waals surface area (Å²) < 4.78 is 0. The maximum Gasteiger partial charge on any atom is 0.185 e. The topological polar surface area (TPSA) is 28.2 Å². The van der Waals surface area contributed by atoms with Gasteiger partial charge in [0.15, 0.2) is 5.13 Å². The summed E-state index contributed by atoms with van der Waals surface area (Å²) in [5.41, 5.74) is 0. The Morgan fingerprint density at radius 3 is 2.78 bits per heavy atom. The number of aromatic nitrogens is 1. The zero-order valence-corrected chi connectivity index (χ0v) is 12.0. The maximum atomic E-state index is 4.59. The Labute approximate surface area is 114 Å². The first-order valence-electron chi connectivity index (χ1n) is 7.28. The molecule has 100 valence electrons. The molecule has 0 aromatic carbocycles. The molecule has 1 aromatic rings. The molecule has 2 fully saturated rings. The molecule has 4 heteroatoms. The third-order valence-electron chi connectivity index (χ3n) is 4.15. The molecule has 18 heavy (non-hydrogen) atoms. The lowest BCUT2D eigenvalue weighted by molar-refractivity contribution is 0.395. The van der Waals surface area contributed by atoms with Crippen molar-refractivity contribution < 1.29 is 0 Å². The fourth-order valence-electron chi connectivity index (χ4n) is 2.59. The van der Waals surface area contributed by atoms with Gasteiger partial charge in [-0.1, -0.05) is 13.3 Å². The van der Waals surface area contributed by atoms with Gasteiger partial charge in [-0.2, -0.15) is 0 Å². The van der Waals surface area contributed by atoms with Gasteiger partial charge < -0.3 is 10.2 Å². The highest BCUT2D eigenvalue weighted by Gasteiger charge is 2.22.